The molecule has 1 unspecified atom stereocenters. The summed E-state index contributed by atoms with van der Waals surface area (Å²) in [6.45, 7) is 7.98. The zero-order valence-corrected chi connectivity index (χ0v) is 8.55. The maximum atomic E-state index is 5.18. The molecule has 1 aliphatic heterocycles. The van der Waals surface area contributed by atoms with E-state index in [2.05, 4.69) is 18.7 Å². The predicted molar refractivity (Wildman–Crippen MR) is 51.3 cm³/mol. The van der Waals surface area contributed by atoms with Crippen molar-refractivity contribution < 1.29 is 4.74 Å². The lowest BCUT2D eigenvalue weighted by molar-refractivity contribution is 0.0763. The van der Waals surface area contributed by atoms with Crippen LogP contribution in [-0.2, 0) is 4.74 Å². The summed E-state index contributed by atoms with van der Waals surface area (Å²) in [6, 6.07) is 0.699. The van der Waals surface area contributed by atoms with Gasteiger partial charge in [0, 0.05) is 19.7 Å². The van der Waals surface area contributed by atoms with Crippen molar-refractivity contribution in [3.8, 4) is 0 Å². The average molecular weight is 171 g/mol. The van der Waals surface area contributed by atoms with Gasteiger partial charge in [-0.1, -0.05) is 0 Å². The second-order valence-electron chi connectivity index (χ2n) is 4.05. The number of hydrogen-bond donors (Lipinski definition) is 0. The summed E-state index contributed by atoms with van der Waals surface area (Å²) in [6.07, 6.45) is 2.68. The van der Waals surface area contributed by atoms with E-state index >= 15 is 0 Å². The Morgan fingerprint density at radius 1 is 1.50 bits per heavy atom. The maximum absolute atomic E-state index is 5.18. The Kier molecular flexibility index (Phi) is 4.02. The van der Waals surface area contributed by atoms with E-state index < -0.39 is 0 Å². The molecule has 1 heterocycles. The van der Waals surface area contributed by atoms with Crippen LogP contribution in [0.25, 0.3) is 0 Å². The molecule has 0 saturated carbocycles. The average Bonchev–Trinajstić information content (AvgIpc) is 2.05. The molecule has 0 bridgehead atoms. The second kappa shape index (κ2) is 4.83. The number of ether oxygens (including phenoxy) is 1. The fourth-order valence-corrected chi connectivity index (χ4v) is 1.94. The standard InChI is InChI=1S/C10H21NO/c1-9(2)11-6-4-5-10(7-11)8-12-3/h9-10H,4-8H2,1-3H3. The Labute approximate surface area is 75.9 Å². The molecule has 0 spiro atoms. The Morgan fingerprint density at radius 2 is 2.25 bits per heavy atom. The van der Waals surface area contributed by atoms with E-state index in [1.807, 2.05) is 0 Å². The molecule has 2 nitrogen and oxygen atoms in total. The van der Waals surface area contributed by atoms with Crippen molar-refractivity contribution in [3.63, 3.8) is 0 Å². The van der Waals surface area contributed by atoms with Gasteiger partial charge in [-0.25, -0.2) is 0 Å². The van der Waals surface area contributed by atoms with E-state index in [-0.39, 0.29) is 0 Å². The molecule has 0 radical (unpaired) electrons. The van der Waals surface area contributed by atoms with Crippen LogP contribution < -0.4 is 0 Å². The third-order valence-electron chi connectivity index (χ3n) is 2.68. The van der Waals surface area contributed by atoms with E-state index in [1.54, 1.807) is 7.11 Å². The van der Waals surface area contributed by atoms with Crippen LogP contribution in [0.3, 0.4) is 0 Å². The topological polar surface area (TPSA) is 12.5 Å². The quantitative estimate of drug-likeness (QED) is 0.641. The summed E-state index contributed by atoms with van der Waals surface area (Å²) in [5, 5.41) is 0. The normalized spacial score (nSPS) is 26.5. The van der Waals surface area contributed by atoms with Crippen LogP contribution >= 0.6 is 0 Å². The maximum Gasteiger partial charge on any atom is 0.0502 e. The first-order chi connectivity index (χ1) is 5.74. The molecular formula is C10H21NO. The second-order valence-corrected chi connectivity index (χ2v) is 4.05. The highest BCUT2D eigenvalue weighted by Gasteiger charge is 2.20. The van der Waals surface area contributed by atoms with Crippen LogP contribution in [0.1, 0.15) is 26.7 Å². The largest absolute Gasteiger partial charge is 0.384 e. The van der Waals surface area contributed by atoms with Gasteiger partial charge < -0.3 is 9.64 Å². The first-order valence-electron chi connectivity index (χ1n) is 4.97. The molecule has 1 saturated heterocycles. The van der Waals surface area contributed by atoms with Crippen molar-refractivity contribution >= 4 is 0 Å². The fourth-order valence-electron chi connectivity index (χ4n) is 1.94. The van der Waals surface area contributed by atoms with Crippen LogP contribution in [0, 0.1) is 5.92 Å². The van der Waals surface area contributed by atoms with Gasteiger partial charge in [-0.15, -0.1) is 0 Å². The highest BCUT2D eigenvalue weighted by atomic mass is 16.5. The Hall–Kier alpha value is -0.0800. The molecular weight excluding hydrogens is 150 g/mol. The van der Waals surface area contributed by atoms with E-state index in [0.717, 1.165) is 12.5 Å². The summed E-state index contributed by atoms with van der Waals surface area (Å²) in [4.78, 5) is 2.55. The minimum absolute atomic E-state index is 0.699. The van der Waals surface area contributed by atoms with Crippen molar-refractivity contribution in [2.75, 3.05) is 26.8 Å². The number of rotatable bonds is 3. The molecule has 2 heteroatoms. The molecule has 12 heavy (non-hydrogen) atoms. The van der Waals surface area contributed by atoms with Crippen molar-refractivity contribution in [1.82, 2.24) is 4.90 Å². The van der Waals surface area contributed by atoms with E-state index in [4.69, 9.17) is 4.74 Å². The Bertz CT molecular complexity index is 123. The van der Waals surface area contributed by atoms with E-state index in [0.29, 0.717) is 6.04 Å². The van der Waals surface area contributed by atoms with Gasteiger partial charge in [-0.05, 0) is 39.2 Å². The zero-order valence-electron chi connectivity index (χ0n) is 8.55. The Morgan fingerprint density at radius 3 is 2.83 bits per heavy atom. The summed E-state index contributed by atoms with van der Waals surface area (Å²) in [7, 11) is 1.80. The third-order valence-corrected chi connectivity index (χ3v) is 2.68. The highest BCUT2D eigenvalue weighted by molar-refractivity contribution is 4.74. The van der Waals surface area contributed by atoms with Crippen molar-refractivity contribution in [1.29, 1.82) is 0 Å². The Balaban J connectivity index is 2.30. The van der Waals surface area contributed by atoms with E-state index in [9.17, 15) is 0 Å². The van der Waals surface area contributed by atoms with Gasteiger partial charge in [0.1, 0.15) is 0 Å². The van der Waals surface area contributed by atoms with Crippen molar-refractivity contribution in [2.24, 2.45) is 5.92 Å². The van der Waals surface area contributed by atoms with Gasteiger partial charge in [0.15, 0.2) is 0 Å². The number of methoxy groups -OCH3 is 1. The van der Waals surface area contributed by atoms with Gasteiger partial charge >= 0.3 is 0 Å². The number of hydrogen-bond acceptors (Lipinski definition) is 2. The fraction of sp³-hybridized carbons (Fsp3) is 1.00. The summed E-state index contributed by atoms with van der Waals surface area (Å²) in [5.41, 5.74) is 0. The smallest absolute Gasteiger partial charge is 0.0502 e. The number of piperidine rings is 1. The molecule has 0 N–H and O–H groups in total. The molecule has 0 aromatic heterocycles. The van der Waals surface area contributed by atoms with Gasteiger partial charge in [0.05, 0.1) is 6.61 Å². The number of nitrogens with zero attached hydrogens (tertiary/aromatic N) is 1. The lowest BCUT2D eigenvalue weighted by Crippen LogP contribution is -2.41. The van der Waals surface area contributed by atoms with Crippen LogP contribution in [0.5, 0.6) is 0 Å². The van der Waals surface area contributed by atoms with E-state index in [1.165, 1.54) is 25.9 Å². The summed E-state index contributed by atoms with van der Waals surface area (Å²) in [5.74, 6) is 0.770. The molecule has 0 aromatic carbocycles. The molecule has 0 aromatic rings. The zero-order chi connectivity index (χ0) is 8.97. The van der Waals surface area contributed by atoms with Crippen molar-refractivity contribution in [2.45, 2.75) is 32.7 Å². The molecule has 1 atom stereocenters. The highest BCUT2D eigenvalue weighted by Crippen LogP contribution is 2.18. The van der Waals surface area contributed by atoms with Crippen LogP contribution in [0.2, 0.25) is 0 Å². The number of likely N-dealkylation sites (tertiary alicyclic amines) is 1. The molecule has 1 aliphatic rings. The van der Waals surface area contributed by atoms with Gasteiger partial charge in [0.25, 0.3) is 0 Å². The van der Waals surface area contributed by atoms with Crippen LogP contribution in [0.15, 0.2) is 0 Å². The molecule has 0 amide bonds. The lowest BCUT2D eigenvalue weighted by Gasteiger charge is -2.35. The van der Waals surface area contributed by atoms with Gasteiger partial charge in [0.2, 0.25) is 0 Å². The molecule has 72 valence electrons. The monoisotopic (exact) mass is 171 g/mol. The first kappa shape index (κ1) is 10.0. The molecule has 1 fully saturated rings. The van der Waals surface area contributed by atoms with Crippen molar-refractivity contribution in [3.05, 3.63) is 0 Å². The SMILES string of the molecule is COCC1CCCN(C(C)C)C1. The molecule has 0 aliphatic carbocycles. The lowest BCUT2D eigenvalue weighted by atomic mass is 9.98. The third kappa shape index (κ3) is 2.76. The van der Waals surface area contributed by atoms with Crippen LogP contribution in [-0.4, -0.2) is 37.7 Å². The van der Waals surface area contributed by atoms with Gasteiger partial charge in [-0.2, -0.15) is 0 Å². The molecule has 1 rings (SSSR count). The van der Waals surface area contributed by atoms with Crippen LogP contribution in [0.4, 0.5) is 0 Å². The summed E-state index contributed by atoms with van der Waals surface area (Å²) < 4.78 is 5.18. The van der Waals surface area contributed by atoms with Gasteiger partial charge in [-0.3, -0.25) is 0 Å². The minimum Gasteiger partial charge on any atom is -0.384 e. The summed E-state index contributed by atoms with van der Waals surface area (Å²) >= 11 is 0. The first-order valence-corrected chi connectivity index (χ1v) is 4.97. The predicted octanol–water partition coefficient (Wildman–Crippen LogP) is 1.75. The minimum atomic E-state index is 0.699.